The fraction of sp³-hybridized carbons (Fsp3) is 0.684. The third-order valence-corrected chi connectivity index (χ3v) is 5.69. The summed E-state index contributed by atoms with van der Waals surface area (Å²) >= 11 is 0. The second-order valence-corrected chi connectivity index (χ2v) is 7.52. The van der Waals surface area contributed by atoms with E-state index in [0.717, 1.165) is 37.6 Å². The van der Waals surface area contributed by atoms with Crippen LogP contribution in [0.4, 0.5) is 13.2 Å². The Hall–Kier alpha value is -2.07. The van der Waals surface area contributed by atoms with Crippen molar-refractivity contribution in [1.29, 1.82) is 0 Å². The summed E-state index contributed by atoms with van der Waals surface area (Å²) in [6, 6.07) is 5.02. The molecule has 3 fully saturated rings. The number of nitrogens with zero attached hydrogens (tertiary/aromatic N) is 1. The minimum absolute atomic E-state index is 0.00283. The lowest BCUT2D eigenvalue weighted by Gasteiger charge is -2.42. The highest BCUT2D eigenvalue weighted by atomic mass is 19.4. The van der Waals surface area contributed by atoms with Gasteiger partial charge in [0.05, 0.1) is 18.9 Å². The lowest BCUT2D eigenvalue weighted by molar-refractivity contribution is -0.192. The van der Waals surface area contributed by atoms with Crippen molar-refractivity contribution in [3.05, 3.63) is 24.2 Å². The van der Waals surface area contributed by atoms with Crippen molar-refractivity contribution < 1.29 is 37.0 Å². The number of carbonyl (C=O) groups is 2. The molecule has 4 rings (SSSR count). The van der Waals surface area contributed by atoms with Crippen LogP contribution in [0.25, 0.3) is 0 Å². The first-order valence-corrected chi connectivity index (χ1v) is 9.77. The van der Waals surface area contributed by atoms with E-state index in [0.29, 0.717) is 12.6 Å². The molecule has 1 aromatic rings. The molecule has 0 radical (unpaired) electrons. The standard InChI is InChI=1S/C17H24N2O3.C2HF3O2/c20-17(18-11-13-5-2-10-21-13)16-7-6-14-15(22-16)8-9-19(14)12-3-1-4-12;3-2(4,5)1(6)7/h2,5,10,12,14-16H,1,3-4,6-9,11H2,(H,18,20);(H,6,7)/t14-,15-,16-;/m1./s1. The second kappa shape index (κ2) is 9.17. The number of rotatable bonds is 4. The molecule has 1 aliphatic carbocycles. The molecule has 2 N–H and O–H groups in total. The molecule has 3 heterocycles. The first-order valence-electron chi connectivity index (χ1n) is 9.77. The van der Waals surface area contributed by atoms with Crippen molar-refractivity contribution in [1.82, 2.24) is 10.2 Å². The van der Waals surface area contributed by atoms with Gasteiger partial charge in [-0.25, -0.2) is 4.79 Å². The Morgan fingerprint density at radius 2 is 1.93 bits per heavy atom. The molecule has 0 unspecified atom stereocenters. The van der Waals surface area contributed by atoms with Crippen molar-refractivity contribution >= 4 is 11.9 Å². The van der Waals surface area contributed by atoms with Gasteiger partial charge in [-0.15, -0.1) is 0 Å². The van der Waals surface area contributed by atoms with Crippen LogP contribution >= 0.6 is 0 Å². The van der Waals surface area contributed by atoms with Gasteiger partial charge in [0.15, 0.2) is 0 Å². The van der Waals surface area contributed by atoms with E-state index in [2.05, 4.69) is 10.2 Å². The Morgan fingerprint density at radius 1 is 1.21 bits per heavy atom. The van der Waals surface area contributed by atoms with Gasteiger partial charge < -0.3 is 19.6 Å². The number of carbonyl (C=O) groups excluding carboxylic acids is 1. The van der Waals surface area contributed by atoms with Crippen LogP contribution in [0.1, 0.15) is 44.3 Å². The molecule has 3 atom stereocenters. The van der Waals surface area contributed by atoms with E-state index in [-0.39, 0.29) is 18.1 Å². The SMILES string of the molecule is O=C(NCc1ccco1)[C@H]1CC[C@@H]2[C@@H](CCN2C2CCC2)O1.O=C(O)C(F)(F)F. The molecule has 1 aromatic heterocycles. The van der Waals surface area contributed by atoms with Gasteiger partial charge in [0.2, 0.25) is 5.91 Å². The highest BCUT2D eigenvalue weighted by Gasteiger charge is 2.44. The van der Waals surface area contributed by atoms with Crippen molar-refractivity contribution in [2.45, 2.75) is 75.5 Å². The Labute approximate surface area is 166 Å². The van der Waals surface area contributed by atoms with Gasteiger partial charge in [-0.2, -0.15) is 13.2 Å². The van der Waals surface area contributed by atoms with Gasteiger partial charge in [-0.05, 0) is 44.2 Å². The molecule has 1 amide bonds. The van der Waals surface area contributed by atoms with Gasteiger partial charge in [0, 0.05) is 18.6 Å². The van der Waals surface area contributed by atoms with Crippen molar-refractivity contribution in [2.75, 3.05) is 6.54 Å². The maximum absolute atomic E-state index is 12.3. The van der Waals surface area contributed by atoms with Gasteiger partial charge in [0.25, 0.3) is 0 Å². The highest BCUT2D eigenvalue weighted by molar-refractivity contribution is 5.80. The number of hydrogen-bond acceptors (Lipinski definition) is 5. The Morgan fingerprint density at radius 3 is 2.48 bits per heavy atom. The normalized spacial score (nSPS) is 27.3. The topological polar surface area (TPSA) is 92.0 Å². The molecular formula is C19H25F3N2O5. The van der Waals surface area contributed by atoms with Crippen LogP contribution < -0.4 is 5.32 Å². The van der Waals surface area contributed by atoms with Crippen LogP contribution in [-0.4, -0.2) is 58.9 Å². The lowest BCUT2D eigenvalue weighted by atomic mass is 9.89. The largest absolute Gasteiger partial charge is 0.490 e. The first-order chi connectivity index (χ1) is 13.8. The Kier molecular flexibility index (Phi) is 6.84. The molecule has 2 aliphatic heterocycles. The maximum atomic E-state index is 12.3. The van der Waals surface area contributed by atoms with Gasteiger partial charge in [-0.3, -0.25) is 9.69 Å². The third kappa shape index (κ3) is 5.51. The zero-order chi connectivity index (χ0) is 21.0. The number of halogens is 3. The fourth-order valence-electron chi connectivity index (χ4n) is 4.03. The third-order valence-electron chi connectivity index (χ3n) is 5.69. The van der Waals surface area contributed by atoms with E-state index in [9.17, 15) is 18.0 Å². The summed E-state index contributed by atoms with van der Waals surface area (Å²) in [6.07, 6.45) is 3.53. The number of fused-ring (bicyclic) bond motifs is 1. The minimum Gasteiger partial charge on any atom is -0.475 e. The molecule has 0 bridgehead atoms. The summed E-state index contributed by atoms with van der Waals surface area (Å²) in [5.74, 6) is -1.98. The number of amides is 1. The number of hydrogen-bond donors (Lipinski definition) is 2. The van der Waals surface area contributed by atoms with E-state index < -0.39 is 12.1 Å². The smallest absolute Gasteiger partial charge is 0.475 e. The van der Waals surface area contributed by atoms with Gasteiger partial charge in [-0.1, -0.05) is 6.42 Å². The number of likely N-dealkylation sites (tertiary alicyclic amines) is 1. The number of ether oxygens (including phenoxy) is 1. The van der Waals surface area contributed by atoms with E-state index in [1.54, 1.807) is 6.26 Å². The van der Waals surface area contributed by atoms with Crippen molar-refractivity contribution in [2.24, 2.45) is 0 Å². The van der Waals surface area contributed by atoms with E-state index in [1.807, 2.05) is 12.1 Å². The number of furan rings is 1. The zero-order valence-corrected chi connectivity index (χ0v) is 15.9. The number of aliphatic carboxylic acids is 1. The fourth-order valence-corrected chi connectivity index (χ4v) is 4.03. The minimum atomic E-state index is -5.08. The number of alkyl halides is 3. The highest BCUT2D eigenvalue weighted by Crippen LogP contribution is 2.37. The molecule has 0 aromatic carbocycles. The number of carboxylic acids is 1. The average molecular weight is 418 g/mol. The molecule has 29 heavy (non-hydrogen) atoms. The summed E-state index contributed by atoms with van der Waals surface area (Å²) in [5, 5.41) is 10.0. The van der Waals surface area contributed by atoms with E-state index >= 15 is 0 Å². The predicted molar refractivity (Wildman–Crippen MR) is 94.9 cm³/mol. The second-order valence-electron chi connectivity index (χ2n) is 7.52. The molecule has 1 saturated carbocycles. The summed E-state index contributed by atoms with van der Waals surface area (Å²) < 4.78 is 43.1. The Bertz CT molecular complexity index is 691. The van der Waals surface area contributed by atoms with Gasteiger partial charge >= 0.3 is 12.1 Å². The quantitative estimate of drug-likeness (QED) is 0.781. The summed E-state index contributed by atoms with van der Waals surface area (Å²) in [6.45, 7) is 1.58. The van der Waals surface area contributed by atoms with Crippen molar-refractivity contribution in [3.63, 3.8) is 0 Å². The van der Waals surface area contributed by atoms with Crippen LogP contribution in [0.2, 0.25) is 0 Å². The molecule has 10 heteroatoms. The van der Waals surface area contributed by atoms with Crippen LogP contribution in [0.5, 0.6) is 0 Å². The summed E-state index contributed by atoms with van der Waals surface area (Å²) in [4.78, 5) is 23.8. The van der Waals surface area contributed by atoms with Crippen LogP contribution in [-0.2, 0) is 20.9 Å². The summed E-state index contributed by atoms with van der Waals surface area (Å²) in [7, 11) is 0. The van der Waals surface area contributed by atoms with E-state index in [4.69, 9.17) is 19.1 Å². The molecule has 162 valence electrons. The van der Waals surface area contributed by atoms with E-state index in [1.165, 1.54) is 19.3 Å². The number of nitrogens with one attached hydrogen (secondary N) is 1. The van der Waals surface area contributed by atoms with Crippen LogP contribution in [0.15, 0.2) is 22.8 Å². The molecule has 0 spiro atoms. The van der Waals surface area contributed by atoms with Crippen LogP contribution in [0.3, 0.4) is 0 Å². The van der Waals surface area contributed by atoms with Crippen LogP contribution in [0, 0.1) is 0 Å². The average Bonchev–Trinajstić information content (AvgIpc) is 3.28. The number of carboxylic acid groups (broad SMARTS) is 1. The molecule has 3 aliphatic rings. The zero-order valence-electron chi connectivity index (χ0n) is 15.9. The lowest BCUT2D eigenvalue weighted by Crippen LogP contribution is -2.51. The molecule has 7 nitrogen and oxygen atoms in total. The monoisotopic (exact) mass is 418 g/mol. The molecule has 2 saturated heterocycles. The predicted octanol–water partition coefficient (Wildman–Crippen LogP) is 2.70. The van der Waals surface area contributed by atoms with Crippen molar-refractivity contribution in [3.8, 4) is 0 Å². The van der Waals surface area contributed by atoms with Gasteiger partial charge in [0.1, 0.15) is 11.9 Å². The molecular weight excluding hydrogens is 393 g/mol. The Balaban J connectivity index is 0.000000298. The first kappa shape index (κ1) is 21.6. The summed E-state index contributed by atoms with van der Waals surface area (Å²) in [5.41, 5.74) is 0. The maximum Gasteiger partial charge on any atom is 0.490 e.